The average Bonchev–Trinajstić information content (AvgIpc) is 2.40. The summed E-state index contributed by atoms with van der Waals surface area (Å²) in [5, 5.41) is 0.103. The number of ether oxygens (including phenoxy) is 1. The molecule has 0 radical (unpaired) electrons. The van der Waals surface area contributed by atoms with Gasteiger partial charge in [-0.3, -0.25) is 4.79 Å². The Bertz CT molecular complexity index is 426. The molecule has 0 unspecified atom stereocenters. The van der Waals surface area contributed by atoms with Crippen LogP contribution in [0.25, 0.3) is 0 Å². The number of rotatable bonds is 2. The van der Waals surface area contributed by atoms with E-state index in [-0.39, 0.29) is 16.4 Å². The van der Waals surface area contributed by atoms with Gasteiger partial charge in [-0.15, -0.1) is 0 Å². The third kappa shape index (κ3) is 2.40. The van der Waals surface area contributed by atoms with Crippen molar-refractivity contribution in [2.45, 2.75) is 89.8 Å². The van der Waals surface area contributed by atoms with Gasteiger partial charge < -0.3 is 9.16 Å². The van der Waals surface area contributed by atoms with Crippen molar-refractivity contribution < 1.29 is 14.0 Å². The van der Waals surface area contributed by atoms with Gasteiger partial charge >= 0.3 is 0 Å². The van der Waals surface area contributed by atoms with E-state index in [0.717, 1.165) is 6.42 Å². The molecule has 0 amide bonds. The highest BCUT2D eigenvalue weighted by Crippen LogP contribution is 2.52. The smallest absolute Gasteiger partial charge is 0.193 e. The summed E-state index contributed by atoms with van der Waals surface area (Å²) < 4.78 is 12.8. The lowest BCUT2D eigenvalue weighted by atomic mass is 9.85. The van der Waals surface area contributed by atoms with Crippen LogP contribution >= 0.6 is 0 Å². The van der Waals surface area contributed by atoms with E-state index in [9.17, 15) is 4.79 Å². The van der Waals surface area contributed by atoms with Crippen LogP contribution in [0.1, 0.15) is 54.4 Å². The molecule has 0 aromatic rings. The number of hydrogen-bond donors (Lipinski definition) is 0. The minimum absolute atomic E-state index is 0.103. The van der Waals surface area contributed by atoms with Crippen LogP contribution in [-0.4, -0.2) is 31.4 Å². The summed E-state index contributed by atoms with van der Waals surface area (Å²) in [6, 6.07) is 0. The van der Waals surface area contributed by atoms with E-state index in [1.165, 1.54) is 0 Å². The summed E-state index contributed by atoms with van der Waals surface area (Å²) in [4.78, 5) is 12.6. The zero-order chi connectivity index (χ0) is 15.6. The van der Waals surface area contributed by atoms with Crippen LogP contribution in [0.5, 0.6) is 0 Å². The fourth-order valence-electron chi connectivity index (χ4n) is 3.38. The normalized spacial score (nSPS) is 42.1. The topological polar surface area (TPSA) is 35.5 Å². The first-order valence-electron chi connectivity index (χ1n) is 7.71. The van der Waals surface area contributed by atoms with Crippen LogP contribution < -0.4 is 0 Å². The number of carbonyl (C=O) groups is 1. The second-order valence-corrected chi connectivity index (χ2v) is 13.5. The molecule has 0 N–H and O–H groups in total. The van der Waals surface area contributed by atoms with Gasteiger partial charge in [0.05, 0.1) is 5.60 Å². The number of ketones is 1. The van der Waals surface area contributed by atoms with E-state index in [0.29, 0.717) is 12.3 Å². The highest BCUT2D eigenvalue weighted by Gasteiger charge is 2.61. The monoisotopic (exact) mass is 298 g/mol. The standard InChI is InChI=1S/C16H30O3Si/c1-11-9-15(5)10-12(17)13(16(11,6)19-15)18-20(7,8)14(2,3)4/h11,13H,9-10H2,1-8H3/t11-,13-,15+,16-/m0/s1. The minimum Gasteiger partial charge on any atom is -0.404 e. The van der Waals surface area contributed by atoms with Crippen LogP contribution in [0.2, 0.25) is 18.1 Å². The Kier molecular flexibility index (Phi) is 3.56. The summed E-state index contributed by atoms with van der Waals surface area (Å²) in [5.41, 5.74) is -0.738. The maximum absolute atomic E-state index is 12.6. The maximum atomic E-state index is 12.6. The largest absolute Gasteiger partial charge is 0.404 e. The van der Waals surface area contributed by atoms with Gasteiger partial charge in [0.2, 0.25) is 0 Å². The summed E-state index contributed by atoms with van der Waals surface area (Å²) >= 11 is 0. The molecule has 4 atom stereocenters. The highest BCUT2D eigenvalue weighted by atomic mass is 28.4. The van der Waals surface area contributed by atoms with E-state index in [2.05, 4.69) is 54.6 Å². The number of carbonyl (C=O) groups excluding carboxylic acids is 1. The van der Waals surface area contributed by atoms with Gasteiger partial charge in [0.15, 0.2) is 14.1 Å². The first kappa shape index (κ1) is 16.2. The van der Waals surface area contributed by atoms with Crippen molar-refractivity contribution in [3.05, 3.63) is 0 Å². The van der Waals surface area contributed by atoms with E-state index in [1.807, 2.05) is 0 Å². The molecule has 20 heavy (non-hydrogen) atoms. The van der Waals surface area contributed by atoms with E-state index in [1.54, 1.807) is 0 Å². The van der Waals surface area contributed by atoms with E-state index in [4.69, 9.17) is 9.16 Å². The number of fused-ring (bicyclic) bond motifs is 2. The molecule has 4 heteroatoms. The first-order chi connectivity index (χ1) is 8.81. The van der Waals surface area contributed by atoms with E-state index < -0.39 is 20.0 Å². The molecule has 0 spiro atoms. The number of hydrogen-bond acceptors (Lipinski definition) is 3. The summed E-state index contributed by atoms with van der Waals surface area (Å²) in [6.07, 6.45) is 1.05. The molecule has 2 aliphatic rings. The molecular weight excluding hydrogens is 268 g/mol. The molecule has 2 heterocycles. The van der Waals surface area contributed by atoms with Crippen molar-refractivity contribution in [1.82, 2.24) is 0 Å². The predicted molar refractivity (Wildman–Crippen MR) is 83.4 cm³/mol. The molecule has 2 fully saturated rings. The van der Waals surface area contributed by atoms with Crippen molar-refractivity contribution in [2.75, 3.05) is 0 Å². The first-order valence-corrected chi connectivity index (χ1v) is 10.6. The van der Waals surface area contributed by atoms with Crippen LogP contribution in [0.4, 0.5) is 0 Å². The zero-order valence-electron chi connectivity index (χ0n) is 14.3. The van der Waals surface area contributed by atoms with Crippen molar-refractivity contribution in [3.8, 4) is 0 Å². The Morgan fingerprint density at radius 1 is 1.30 bits per heavy atom. The fourth-order valence-corrected chi connectivity index (χ4v) is 4.69. The van der Waals surface area contributed by atoms with Crippen molar-refractivity contribution in [3.63, 3.8) is 0 Å². The summed E-state index contributed by atoms with van der Waals surface area (Å²) in [5.74, 6) is 0.587. The average molecular weight is 298 g/mol. The Morgan fingerprint density at radius 3 is 2.35 bits per heavy atom. The third-order valence-corrected chi connectivity index (χ3v) is 10.2. The van der Waals surface area contributed by atoms with Crippen LogP contribution in [0, 0.1) is 5.92 Å². The van der Waals surface area contributed by atoms with Gasteiger partial charge in [-0.1, -0.05) is 27.7 Å². The molecule has 2 bridgehead atoms. The Balaban J connectivity index is 2.30. The SMILES string of the molecule is C[C@H]1C[C@]2(C)CC(=O)[C@H](O[Si](C)(C)C(C)(C)C)[C@@]1(C)O2. The lowest BCUT2D eigenvalue weighted by Gasteiger charge is -2.47. The van der Waals surface area contributed by atoms with Gasteiger partial charge in [-0.2, -0.15) is 0 Å². The zero-order valence-corrected chi connectivity index (χ0v) is 15.3. The molecule has 2 rings (SSSR count). The lowest BCUT2D eigenvalue weighted by molar-refractivity contribution is -0.187. The van der Waals surface area contributed by atoms with Crippen molar-refractivity contribution in [2.24, 2.45) is 5.92 Å². The molecule has 2 saturated heterocycles. The summed E-state index contributed by atoms with van der Waals surface area (Å²) in [7, 11) is -1.98. The van der Waals surface area contributed by atoms with Crippen molar-refractivity contribution in [1.29, 1.82) is 0 Å². The van der Waals surface area contributed by atoms with Gasteiger partial charge in [0.25, 0.3) is 0 Å². The van der Waals surface area contributed by atoms with E-state index >= 15 is 0 Å². The second-order valence-electron chi connectivity index (χ2n) is 8.74. The summed E-state index contributed by atoms with van der Waals surface area (Å²) in [6.45, 7) is 17.3. The molecule has 0 aromatic carbocycles. The quantitative estimate of drug-likeness (QED) is 0.725. The van der Waals surface area contributed by atoms with Crippen LogP contribution in [0.3, 0.4) is 0 Å². The molecule has 116 valence electrons. The van der Waals surface area contributed by atoms with Crippen LogP contribution in [-0.2, 0) is 14.0 Å². The predicted octanol–water partition coefficient (Wildman–Crippen LogP) is 3.92. The molecular formula is C16H30O3Si. The maximum Gasteiger partial charge on any atom is 0.193 e. The van der Waals surface area contributed by atoms with Gasteiger partial charge in [-0.05, 0) is 44.3 Å². The molecule has 3 nitrogen and oxygen atoms in total. The Hall–Kier alpha value is -0.193. The molecule has 0 saturated carbocycles. The van der Waals surface area contributed by atoms with Crippen molar-refractivity contribution >= 4 is 14.1 Å². The number of Topliss-reactive ketones (excluding diaryl/α,β-unsaturated/α-hetero) is 1. The second kappa shape index (κ2) is 4.40. The third-order valence-electron chi connectivity index (χ3n) is 5.76. The molecule has 2 aliphatic heterocycles. The van der Waals surface area contributed by atoms with Crippen LogP contribution in [0.15, 0.2) is 0 Å². The fraction of sp³-hybridized carbons (Fsp3) is 0.938. The lowest BCUT2D eigenvalue weighted by Crippen LogP contribution is -2.59. The minimum atomic E-state index is -1.98. The van der Waals surface area contributed by atoms with Gasteiger partial charge in [-0.25, -0.2) is 0 Å². The Morgan fingerprint density at radius 2 is 1.85 bits per heavy atom. The van der Waals surface area contributed by atoms with Gasteiger partial charge in [0, 0.05) is 6.42 Å². The Labute approximate surface area is 124 Å². The molecule has 0 aromatic heterocycles. The van der Waals surface area contributed by atoms with Gasteiger partial charge in [0.1, 0.15) is 11.7 Å². The molecule has 0 aliphatic carbocycles. The highest BCUT2D eigenvalue weighted by molar-refractivity contribution is 6.74.